The van der Waals surface area contributed by atoms with Crippen molar-refractivity contribution in [1.29, 1.82) is 0 Å². The van der Waals surface area contributed by atoms with E-state index in [0.29, 0.717) is 5.69 Å². The normalized spacial score (nSPS) is 13.4. The summed E-state index contributed by atoms with van der Waals surface area (Å²) < 4.78 is 41.1. The van der Waals surface area contributed by atoms with Crippen LogP contribution in [0.5, 0.6) is 0 Å². The molecule has 0 fully saturated rings. The molecule has 9 heteroatoms. The van der Waals surface area contributed by atoms with Crippen LogP contribution in [-0.2, 0) is 4.79 Å². The Kier molecular flexibility index (Phi) is 6.98. The molecule has 1 N–H and O–H groups in total. The number of nitrogens with one attached hydrogen (secondary N) is 1. The van der Waals surface area contributed by atoms with Crippen LogP contribution in [0.2, 0.25) is 10.0 Å². The fourth-order valence-electron chi connectivity index (χ4n) is 3.72. The Labute approximate surface area is 207 Å². The SMILES string of the molecule is O=C(c1cccs1)C(C(=O)C(F)(F)F)C(Nc1ccc2ccccc2c1)c1ccc(Cl)cc1Cl. The van der Waals surface area contributed by atoms with Crippen LogP contribution in [0.1, 0.15) is 21.3 Å². The third-order valence-corrected chi connectivity index (χ3v) is 6.76. The third-order valence-electron chi connectivity index (χ3n) is 5.31. The number of carbonyl (C=O) groups is 2. The van der Waals surface area contributed by atoms with Crippen LogP contribution in [0.4, 0.5) is 18.9 Å². The number of hydrogen-bond acceptors (Lipinski definition) is 4. The topological polar surface area (TPSA) is 46.2 Å². The largest absolute Gasteiger partial charge is 0.450 e. The number of alkyl halides is 3. The van der Waals surface area contributed by atoms with E-state index in [-0.39, 0.29) is 20.5 Å². The van der Waals surface area contributed by atoms with Crippen molar-refractivity contribution >= 4 is 62.6 Å². The molecule has 2 atom stereocenters. The summed E-state index contributed by atoms with van der Waals surface area (Å²) in [5.74, 6) is -5.21. The van der Waals surface area contributed by atoms with Crippen LogP contribution in [0.25, 0.3) is 10.8 Å². The minimum atomic E-state index is -5.24. The molecule has 0 aliphatic carbocycles. The van der Waals surface area contributed by atoms with Gasteiger partial charge in [0.25, 0.3) is 0 Å². The van der Waals surface area contributed by atoms with Gasteiger partial charge in [0.05, 0.1) is 10.9 Å². The lowest BCUT2D eigenvalue weighted by atomic mass is 9.84. The molecule has 0 aliphatic heterocycles. The molecule has 0 amide bonds. The van der Waals surface area contributed by atoms with E-state index in [9.17, 15) is 22.8 Å². The average molecular weight is 522 g/mol. The van der Waals surface area contributed by atoms with Gasteiger partial charge in [-0.05, 0) is 52.0 Å². The van der Waals surface area contributed by atoms with Crippen molar-refractivity contribution < 1.29 is 22.8 Å². The highest BCUT2D eigenvalue weighted by Gasteiger charge is 2.50. The van der Waals surface area contributed by atoms with E-state index in [4.69, 9.17) is 23.2 Å². The molecule has 0 radical (unpaired) electrons. The molecule has 3 aromatic carbocycles. The maximum absolute atomic E-state index is 13.7. The predicted octanol–water partition coefficient (Wildman–Crippen LogP) is 7.99. The van der Waals surface area contributed by atoms with E-state index in [1.54, 1.807) is 23.6 Å². The standard InChI is InChI=1S/C25H16Cl2F3NO2S/c26-16-8-10-18(19(27)13-16)22(31-17-9-7-14-4-1-2-5-15(14)12-17)21(24(33)25(28,29)30)23(32)20-6-3-11-34-20/h1-13,21-22,31H. The van der Waals surface area contributed by atoms with Crippen LogP contribution in [0.3, 0.4) is 0 Å². The fourth-order valence-corrected chi connectivity index (χ4v) is 4.95. The van der Waals surface area contributed by atoms with E-state index in [2.05, 4.69) is 5.32 Å². The molecule has 0 aliphatic rings. The first-order valence-electron chi connectivity index (χ1n) is 10.0. The third kappa shape index (κ3) is 5.12. The number of hydrogen-bond donors (Lipinski definition) is 1. The van der Waals surface area contributed by atoms with Crippen molar-refractivity contribution in [2.45, 2.75) is 12.2 Å². The summed E-state index contributed by atoms with van der Waals surface area (Å²) >= 11 is 13.3. The number of thiophene rings is 1. The molecule has 0 saturated carbocycles. The second kappa shape index (κ2) is 9.78. The molecule has 0 saturated heterocycles. The lowest BCUT2D eigenvalue weighted by Gasteiger charge is -2.29. The Morgan fingerprint density at radius 2 is 1.62 bits per heavy atom. The zero-order valence-corrected chi connectivity index (χ0v) is 19.6. The summed E-state index contributed by atoms with van der Waals surface area (Å²) in [5.41, 5.74) is 0.570. The summed E-state index contributed by atoms with van der Waals surface area (Å²) in [6.45, 7) is 0. The fraction of sp³-hybridized carbons (Fsp3) is 0.120. The molecule has 1 heterocycles. The second-order valence-electron chi connectivity index (χ2n) is 7.53. The van der Waals surface area contributed by atoms with Crippen LogP contribution >= 0.6 is 34.5 Å². The van der Waals surface area contributed by atoms with Crippen molar-refractivity contribution in [1.82, 2.24) is 0 Å². The van der Waals surface area contributed by atoms with Crippen molar-refractivity contribution in [3.63, 3.8) is 0 Å². The van der Waals surface area contributed by atoms with Crippen molar-refractivity contribution in [3.8, 4) is 0 Å². The number of anilines is 1. The molecule has 0 bridgehead atoms. The number of fused-ring (bicyclic) bond motifs is 1. The van der Waals surface area contributed by atoms with Gasteiger partial charge < -0.3 is 5.32 Å². The highest BCUT2D eigenvalue weighted by molar-refractivity contribution is 7.12. The highest BCUT2D eigenvalue weighted by atomic mass is 35.5. The number of halogens is 5. The van der Waals surface area contributed by atoms with Gasteiger partial charge in [0.15, 0.2) is 5.78 Å². The van der Waals surface area contributed by atoms with E-state index in [0.717, 1.165) is 22.1 Å². The molecule has 174 valence electrons. The Balaban J connectivity index is 1.87. The molecule has 1 aromatic heterocycles. The van der Waals surface area contributed by atoms with Gasteiger partial charge in [-0.3, -0.25) is 9.59 Å². The quantitative estimate of drug-likeness (QED) is 0.198. The Bertz CT molecular complexity index is 1360. The molecule has 4 aromatic rings. The predicted molar refractivity (Wildman–Crippen MR) is 130 cm³/mol. The summed E-state index contributed by atoms with van der Waals surface area (Å²) in [6, 6.07) is 18.4. The minimum Gasteiger partial charge on any atom is -0.377 e. The molecule has 3 nitrogen and oxygen atoms in total. The molecule has 0 spiro atoms. The molecule has 4 rings (SSSR count). The van der Waals surface area contributed by atoms with Gasteiger partial charge in [-0.25, -0.2) is 0 Å². The summed E-state index contributed by atoms with van der Waals surface area (Å²) in [4.78, 5) is 26.0. The van der Waals surface area contributed by atoms with Gasteiger partial charge in [0.1, 0.15) is 5.92 Å². The lowest BCUT2D eigenvalue weighted by molar-refractivity contribution is -0.174. The van der Waals surface area contributed by atoms with Gasteiger partial charge >= 0.3 is 6.18 Å². The lowest BCUT2D eigenvalue weighted by Crippen LogP contribution is -2.41. The van der Waals surface area contributed by atoms with Gasteiger partial charge in [-0.15, -0.1) is 11.3 Å². The first-order chi connectivity index (χ1) is 16.1. The van der Waals surface area contributed by atoms with Crippen LogP contribution in [0, 0.1) is 5.92 Å². The number of ketones is 2. The first-order valence-corrected chi connectivity index (χ1v) is 11.7. The monoisotopic (exact) mass is 521 g/mol. The maximum Gasteiger partial charge on any atom is 0.450 e. The van der Waals surface area contributed by atoms with Crippen molar-refractivity contribution in [2.24, 2.45) is 5.92 Å². The van der Waals surface area contributed by atoms with E-state index >= 15 is 0 Å². The Morgan fingerprint density at radius 3 is 2.26 bits per heavy atom. The molecule has 34 heavy (non-hydrogen) atoms. The van der Waals surface area contributed by atoms with Crippen LogP contribution in [-0.4, -0.2) is 17.7 Å². The zero-order valence-electron chi connectivity index (χ0n) is 17.3. The number of carbonyl (C=O) groups excluding carboxylic acids is 2. The highest BCUT2D eigenvalue weighted by Crippen LogP contribution is 2.39. The Hall–Kier alpha value is -2.87. The smallest absolute Gasteiger partial charge is 0.377 e. The second-order valence-corrected chi connectivity index (χ2v) is 9.32. The van der Waals surface area contributed by atoms with Gasteiger partial charge in [0.2, 0.25) is 5.78 Å². The number of benzene rings is 3. The van der Waals surface area contributed by atoms with Gasteiger partial charge in [-0.2, -0.15) is 13.2 Å². The molecular weight excluding hydrogens is 506 g/mol. The van der Waals surface area contributed by atoms with Crippen LogP contribution in [0.15, 0.2) is 78.2 Å². The molecular formula is C25H16Cl2F3NO2S. The first kappa shape index (κ1) is 24.3. The average Bonchev–Trinajstić information content (AvgIpc) is 3.33. The van der Waals surface area contributed by atoms with E-state index < -0.39 is 29.7 Å². The summed E-state index contributed by atoms with van der Waals surface area (Å²) in [6.07, 6.45) is -5.24. The van der Waals surface area contributed by atoms with Crippen molar-refractivity contribution in [3.05, 3.63) is 98.7 Å². The van der Waals surface area contributed by atoms with Gasteiger partial charge in [0, 0.05) is 15.7 Å². The van der Waals surface area contributed by atoms with E-state index in [1.807, 2.05) is 24.3 Å². The van der Waals surface area contributed by atoms with Gasteiger partial charge in [-0.1, -0.05) is 65.7 Å². The van der Waals surface area contributed by atoms with Crippen LogP contribution < -0.4 is 5.32 Å². The summed E-state index contributed by atoms with van der Waals surface area (Å²) in [5, 5.41) is 6.59. The van der Waals surface area contributed by atoms with E-state index in [1.165, 1.54) is 30.3 Å². The minimum absolute atomic E-state index is 0.0322. The number of Topliss-reactive ketones (excluding diaryl/α,β-unsaturated/α-hetero) is 2. The molecule has 2 unspecified atom stereocenters. The number of rotatable bonds is 7. The van der Waals surface area contributed by atoms with Crippen molar-refractivity contribution in [2.75, 3.05) is 5.32 Å². The summed E-state index contributed by atoms with van der Waals surface area (Å²) in [7, 11) is 0. The maximum atomic E-state index is 13.7. The Morgan fingerprint density at radius 1 is 0.882 bits per heavy atom. The zero-order chi connectivity index (χ0) is 24.5.